The van der Waals surface area contributed by atoms with E-state index in [2.05, 4.69) is 15.9 Å². The SMILES string of the molecule is CON(C)C(=O)Cc1ccc(F)c(Br)c1. The molecule has 1 aromatic rings. The molecule has 5 heteroatoms. The molecule has 0 saturated carbocycles. The second kappa shape index (κ2) is 5.23. The summed E-state index contributed by atoms with van der Waals surface area (Å²) in [5.74, 6) is -0.526. The van der Waals surface area contributed by atoms with Gasteiger partial charge in [0, 0.05) is 7.05 Å². The van der Waals surface area contributed by atoms with Crippen LogP contribution in [-0.2, 0) is 16.1 Å². The summed E-state index contributed by atoms with van der Waals surface area (Å²) in [4.78, 5) is 16.2. The molecule has 0 atom stereocenters. The van der Waals surface area contributed by atoms with Crippen molar-refractivity contribution in [2.75, 3.05) is 14.2 Å². The van der Waals surface area contributed by atoms with E-state index in [4.69, 9.17) is 4.84 Å². The van der Waals surface area contributed by atoms with Gasteiger partial charge in [-0.3, -0.25) is 9.63 Å². The van der Waals surface area contributed by atoms with Gasteiger partial charge in [0.2, 0.25) is 5.91 Å². The van der Waals surface area contributed by atoms with Gasteiger partial charge >= 0.3 is 0 Å². The fourth-order valence-corrected chi connectivity index (χ4v) is 1.46. The van der Waals surface area contributed by atoms with Crippen molar-refractivity contribution in [3.8, 4) is 0 Å². The molecular formula is C10H11BrFNO2. The second-order valence-corrected chi connectivity index (χ2v) is 3.85. The zero-order valence-corrected chi connectivity index (χ0v) is 10.0. The lowest BCUT2D eigenvalue weighted by molar-refractivity contribution is -0.167. The number of nitrogens with zero attached hydrogens (tertiary/aromatic N) is 1. The van der Waals surface area contributed by atoms with Crippen molar-refractivity contribution >= 4 is 21.8 Å². The largest absolute Gasteiger partial charge is 0.275 e. The minimum atomic E-state index is -0.341. The molecule has 0 heterocycles. The minimum absolute atomic E-state index is 0.184. The Kier molecular flexibility index (Phi) is 4.23. The Labute approximate surface area is 95.9 Å². The van der Waals surface area contributed by atoms with E-state index < -0.39 is 0 Å². The second-order valence-electron chi connectivity index (χ2n) is 3.00. The number of hydrogen-bond donors (Lipinski definition) is 0. The first-order chi connectivity index (χ1) is 7.04. The van der Waals surface area contributed by atoms with Gasteiger partial charge in [-0.1, -0.05) is 6.07 Å². The molecule has 0 aliphatic heterocycles. The van der Waals surface area contributed by atoms with E-state index in [1.165, 1.54) is 20.2 Å². The summed E-state index contributed by atoms with van der Waals surface area (Å²) in [5.41, 5.74) is 0.733. The number of rotatable bonds is 3. The van der Waals surface area contributed by atoms with Crippen LogP contribution in [-0.4, -0.2) is 25.1 Å². The molecule has 0 bridgehead atoms. The highest BCUT2D eigenvalue weighted by Crippen LogP contribution is 2.17. The average molecular weight is 276 g/mol. The van der Waals surface area contributed by atoms with Gasteiger partial charge in [-0.15, -0.1) is 0 Å². The number of benzene rings is 1. The molecule has 0 aliphatic rings. The van der Waals surface area contributed by atoms with Crippen LogP contribution in [0.4, 0.5) is 4.39 Å². The van der Waals surface area contributed by atoms with Crippen LogP contribution in [0, 0.1) is 5.82 Å². The van der Waals surface area contributed by atoms with E-state index in [0.717, 1.165) is 10.6 Å². The monoisotopic (exact) mass is 275 g/mol. The van der Waals surface area contributed by atoms with Crippen LogP contribution in [0.25, 0.3) is 0 Å². The Hall–Kier alpha value is -0.940. The predicted octanol–water partition coefficient (Wildman–Crippen LogP) is 2.15. The summed E-state index contributed by atoms with van der Waals surface area (Å²) in [6.45, 7) is 0. The number of carbonyl (C=O) groups is 1. The molecule has 82 valence electrons. The van der Waals surface area contributed by atoms with Crippen molar-refractivity contribution in [3.63, 3.8) is 0 Å². The Morgan fingerprint density at radius 1 is 1.60 bits per heavy atom. The van der Waals surface area contributed by atoms with Gasteiger partial charge in [0.25, 0.3) is 0 Å². The summed E-state index contributed by atoms with van der Waals surface area (Å²) in [5, 5.41) is 1.14. The molecule has 0 N–H and O–H groups in total. The number of amides is 1. The maximum absolute atomic E-state index is 12.9. The summed E-state index contributed by atoms with van der Waals surface area (Å²) in [7, 11) is 2.94. The van der Waals surface area contributed by atoms with E-state index in [1.54, 1.807) is 12.1 Å². The molecule has 3 nitrogen and oxygen atoms in total. The van der Waals surface area contributed by atoms with Crippen molar-refractivity contribution in [1.29, 1.82) is 0 Å². The summed E-state index contributed by atoms with van der Waals surface area (Å²) in [6, 6.07) is 4.47. The highest BCUT2D eigenvalue weighted by atomic mass is 79.9. The molecular weight excluding hydrogens is 265 g/mol. The molecule has 1 rings (SSSR count). The minimum Gasteiger partial charge on any atom is -0.275 e. The molecule has 0 radical (unpaired) electrons. The predicted molar refractivity (Wildman–Crippen MR) is 57.6 cm³/mol. The zero-order valence-electron chi connectivity index (χ0n) is 8.46. The lowest BCUT2D eigenvalue weighted by atomic mass is 10.1. The normalized spacial score (nSPS) is 10.1. The topological polar surface area (TPSA) is 29.5 Å². The number of halogens is 2. The van der Waals surface area contributed by atoms with Gasteiger partial charge in [0.1, 0.15) is 5.82 Å². The highest BCUT2D eigenvalue weighted by molar-refractivity contribution is 9.10. The lowest BCUT2D eigenvalue weighted by Crippen LogP contribution is -2.26. The third-order valence-electron chi connectivity index (χ3n) is 1.96. The number of carbonyl (C=O) groups excluding carboxylic acids is 1. The van der Waals surface area contributed by atoms with Crippen LogP contribution in [0.1, 0.15) is 5.56 Å². The van der Waals surface area contributed by atoms with Crippen LogP contribution >= 0.6 is 15.9 Å². The van der Waals surface area contributed by atoms with Crippen LogP contribution in [0.3, 0.4) is 0 Å². The van der Waals surface area contributed by atoms with E-state index in [-0.39, 0.29) is 18.1 Å². The van der Waals surface area contributed by atoms with Gasteiger partial charge in [-0.25, -0.2) is 9.45 Å². The van der Waals surface area contributed by atoms with E-state index in [1.807, 2.05) is 0 Å². The Morgan fingerprint density at radius 2 is 2.27 bits per heavy atom. The zero-order chi connectivity index (χ0) is 11.4. The third-order valence-corrected chi connectivity index (χ3v) is 2.57. The molecule has 0 unspecified atom stereocenters. The molecule has 0 spiro atoms. The molecule has 1 amide bonds. The van der Waals surface area contributed by atoms with Gasteiger partial charge in [-0.2, -0.15) is 0 Å². The van der Waals surface area contributed by atoms with Gasteiger partial charge < -0.3 is 0 Å². The van der Waals surface area contributed by atoms with Crippen molar-refractivity contribution in [2.45, 2.75) is 6.42 Å². The first-order valence-electron chi connectivity index (χ1n) is 4.29. The maximum atomic E-state index is 12.9. The summed E-state index contributed by atoms with van der Waals surface area (Å²) >= 11 is 3.06. The van der Waals surface area contributed by atoms with Gasteiger partial charge in [-0.05, 0) is 33.6 Å². The van der Waals surface area contributed by atoms with E-state index >= 15 is 0 Å². The molecule has 0 fully saturated rings. The maximum Gasteiger partial charge on any atom is 0.250 e. The summed E-state index contributed by atoms with van der Waals surface area (Å²) in [6.07, 6.45) is 0.184. The highest BCUT2D eigenvalue weighted by Gasteiger charge is 2.10. The van der Waals surface area contributed by atoms with Crippen molar-refractivity contribution < 1.29 is 14.0 Å². The molecule has 1 aromatic carbocycles. The van der Waals surface area contributed by atoms with E-state index in [0.29, 0.717) is 4.47 Å². The van der Waals surface area contributed by atoms with Crippen molar-refractivity contribution in [3.05, 3.63) is 34.1 Å². The molecule has 15 heavy (non-hydrogen) atoms. The quantitative estimate of drug-likeness (QED) is 0.792. The van der Waals surface area contributed by atoms with Crippen LogP contribution in [0.5, 0.6) is 0 Å². The van der Waals surface area contributed by atoms with Crippen LogP contribution in [0.15, 0.2) is 22.7 Å². The van der Waals surface area contributed by atoms with Crippen LogP contribution in [0.2, 0.25) is 0 Å². The number of hydrogen-bond acceptors (Lipinski definition) is 2. The van der Waals surface area contributed by atoms with Crippen molar-refractivity contribution in [2.24, 2.45) is 0 Å². The average Bonchev–Trinajstić information content (AvgIpc) is 2.22. The fraction of sp³-hybridized carbons (Fsp3) is 0.300. The summed E-state index contributed by atoms with van der Waals surface area (Å²) < 4.78 is 13.2. The molecule has 0 aromatic heterocycles. The Balaban J connectivity index is 2.73. The first kappa shape index (κ1) is 12.1. The lowest BCUT2D eigenvalue weighted by Gasteiger charge is -2.13. The number of hydroxylamine groups is 2. The molecule has 0 saturated heterocycles. The Bertz CT molecular complexity index is 370. The number of likely N-dealkylation sites (N-methyl/N-ethyl adjacent to an activating group) is 1. The smallest absolute Gasteiger partial charge is 0.250 e. The van der Waals surface area contributed by atoms with E-state index in [9.17, 15) is 9.18 Å². The fourth-order valence-electron chi connectivity index (χ4n) is 1.04. The first-order valence-corrected chi connectivity index (χ1v) is 5.08. The standard InChI is InChI=1S/C10H11BrFNO2/c1-13(15-2)10(14)6-7-3-4-9(12)8(11)5-7/h3-5H,6H2,1-2H3. The molecule has 0 aliphatic carbocycles. The van der Waals surface area contributed by atoms with Gasteiger partial charge in [0.15, 0.2) is 0 Å². The third kappa shape index (κ3) is 3.28. The van der Waals surface area contributed by atoms with Crippen molar-refractivity contribution in [1.82, 2.24) is 5.06 Å². The van der Waals surface area contributed by atoms with Gasteiger partial charge in [0.05, 0.1) is 18.0 Å². The van der Waals surface area contributed by atoms with Crippen LogP contribution < -0.4 is 0 Å². The Morgan fingerprint density at radius 3 is 2.80 bits per heavy atom.